The SMILES string of the molecule is NCC1(c2ccc3c(c2)OCCO3)CNC(=O)O1. The molecule has 1 aromatic carbocycles. The molecule has 1 aromatic rings. The molecular formula is C12H14N2O4. The number of carbonyl (C=O) groups excluding carboxylic acids is 1. The summed E-state index contributed by atoms with van der Waals surface area (Å²) in [6.45, 7) is 1.64. The number of amides is 1. The fraction of sp³-hybridized carbons (Fsp3) is 0.417. The lowest BCUT2D eigenvalue weighted by atomic mass is 9.93. The molecule has 96 valence electrons. The second-order valence-corrected chi connectivity index (χ2v) is 4.30. The molecule has 2 aliphatic rings. The van der Waals surface area contributed by atoms with Gasteiger partial charge in [0.25, 0.3) is 0 Å². The molecule has 1 saturated heterocycles. The van der Waals surface area contributed by atoms with Gasteiger partial charge in [0, 0.05) is 12.1 Å². The summed E-state index contributed by atoms with van der Waals surface area (Å²) in [5, 5.41) is 2.63. The molecule has 1 unspecified atom stereocenters. The van der Waals surface area contributed by atoms with E-state index < -0.39 is 11.7 Å². The summed E-state index contributed by atoms with van der Waals surface area (Å²) in [6, 6.07) is 5.48. The Morgan fingerprint density at radius 1 is 1.28 bits per heavy atom. The minimum absolute atomic E-state index is 0.214. The summed E-state index contributed by atoms with van der Waals surface area (Å²) in [5.41, 5.74) is 5.75. The van der Waals surface area contributed by atoms with Crippen LogP contribution in [0.1, 0.15) is 5.56 Å². The molecule has 6 nitrogen and oxygen atoms in total. The highest BCUT2D eigenvalue weighted by molar-refractivity contribution is 5.71. The second kappa shape index (κ2) is 4.06. The summed E-state index contributed by atoms with van der Waals surface area (Å²) < 4.78 is 16.3. The van der Waals surface area contributed by atoms with Gasteiger partial charge < -0.3 is 25.3 Å². The van der Waals surface area contributed by atoms with E-state index in [0.717, 1.165) is 5.56 Å². The van der Waals surface area contributed by atoms with Crippen molar-refractivity contribution in [2.24, 2.45) is 5.73 Å². The van der Waals surface area contributed by atoms with Crippen molar-refractivity contribution in [3.8, 4) is 11.5 Å². The molecule has 0 aromatic heterocycles. The van der Waals surface area contributed by atoms with Crippen LogP contribution in [0.5, 0.6) is 11.5 Å². The maximum Gasteiger partial charge on any atom is 0.408 e. The van der Waals surface area contributed by atoms with Crippen LogP contribution in [0.25, 0.3) is 0 Å². The van der Waals surface area contributed by atoms with Gasteiger partial charge in [0.2, 0.25) is 0 Å². The lowest BCUT2D eigenvalue weighted by Gasteiger charge is -2.27. The van der Waals surface area contributed by atoms with Crippen LogP contribution in [0.15, 0.2) is 18.2 Å². The van der Waals surface area contributed by atoms with Gasteiger partial charge >= 0.3 is 6.09 Å². The van der Waals surface area contributed by atoms with Crippen LogP contribution >= 0.6 is 0 Å². The Kier molecular flexibility index (Phi) is 2.52. The Hall–Kier alpha value is -1.95. The summed E-state index contributed by atoms with van der Waals surface area (Å²) in [5.74, 6) is 1.36. The summed E-state index contributed by atoms with van der Waals surface area (Å²) in [4.78, 5) is 11.2. The van der Waals surface area contributed by atoms with Crippen LogP contribution in [-0.4, -0.2) is 32.4 Å². The van der Waals surface area contributed by atoms with Crippen molar-refractivity contribution >= 4 is 6.09 Å². The normalized spacial score (nSPS) is 25.5. The summed E-state index contributed by atoms with van der Waals surface area (Å²) in [6.07, 6.45) is -0.449. The van der Waals surface area contributed by atoms with Crippen LogP contribution < -0.4 is 20.5 Å². The van der Waals surface area contributed by atoms with E-state index in [9.17, 15) is 4.79 Å². The molecule has 0 saturated carbocycles. The molecular weight excluding hydrogens is 236 g/mol. The van der Waals surface area contributed by atoms with Crippen molar-refractivity contribution in [2.75, 3.05) is 26.3 Å². The molecule has 1 fully saturated rings. The molecule has 2 aliphatic heterocycles. The average molecular weight is 250 g/mol. The monoisotopic (exact) mass is 250 g/mol. The highest BCUT2D eigenvalue weighted by Gasteiger charge is 2.41. The standard InChI is InChI=1S/C12H14N2O4/c13-6-12(7-14-11(15)18-12)8-1-2-9-10(5-8)17-4-3-16-9/h1-2,5H,3-4,6-7,13H2,(H,14,15). The largest absolute Gasteiger partial charge is 0.486 e. The van der Waals surface area contributed by atoms with Gasteiger partial charge in [-0.3, -0.25) is 0 Å². The van der Waals surface area contributed by atoms with Gasteiger partial charge in [0.15, 0.2) is 17.1 Å². The number of carbonyl (C=O) groups is 1. The van der Waals surface area contributed by atoms with Gasteiger partial charge in [-0.1, -0.05) is 6.07 Å². The van der Waals surface area contributed by atoms with E-state index in [2.05, 4.69) is 5.32 Å². The molecule has 0 radical (unpaired) electrons. The maximum absolute atomic E-state index is 11.2. The van der Waals surface area contributed by atoms with Crippen molar-refractivity contribution in [2.45, 2.75) is 5.60 Å². The third-order valence-corrected chi connectivity index (χ3v) is 3.20. The minimum Gasteiger partial charge on any atom is -0.486 e. The fourth-order valence-electron chi connectivity index (χ4n) is 2.18. The third kappa shape index (κ3) is 1.65. The first-order valence-electron chi connectivity index (χ1n) is 5.80. The molecule has 0 spiro atoms. The number of nitrogens with one attached hydrogen (secondary N) is 1. The Labute approximate surface area is 104 Å². The zero-order valence-electron chi connectivity index (χ0n) is 9.77. The fourth-order valence-corrected chi connectivity index (χ4v) is 2.18. The first-order valence-corrected chi connectivity index (χ1v) is 5.80. The lowest BCUT2D eigenvalue weighted by molar-refractivity contribution is 0.0611. The predicted molar refractivity (Wildman–Crippen MR) is 62.6 cm³/mol. The molecule has 1 atom stereocenters. The number of rotatable bonds is 2. The third-order valence-electron chi connectivity index (χ3n) is 3.20. The predicted octanol–water partition coefficient (Wildman–Crippen LogP) is 0.352. The summed E-state index contributed by atoms with van der Waals surface area (Å²) in [7, 11) is 0. The molecule has 3 rings (SSSR count). The Morgan fingerprint density at radius 3 is 2.72 bits per heavy atom. The number of ether oxygens (including phenoxy) is 3. The molecule has 6 heteroatoms. The first-order chi connectivity index (χ1) is 8.73. The number of benzene rings is 1. The number of hydrogen-bond donors (Lipinski definition) is 2. The van der Waals surface area contributed by atoms with Crippen LogP contribution in [0, 0.1) is 0 Å². The quantitative estimate of drug-likeness (QED) is 0.791. The Morgan fingerprint density at radius 2 is 2.06 bits per heavy atom. The van der Waals surface area contributed by atoms with Crippen molar-refractivity contribution in [3.63, 3.8) is 0 Å². The number of hydrogen-bond acceptors (Lipinski definition) is 5. The van der Waals surface area contributed by atoms with Crippen LogP contribution in [0.2, 0.25) is 0 Å². The topological polar surface area (TPSA) is 82.8 Å². The van der Waals surface area contributed by atoms with E-state index in [1.807, 2.05) is 18.2 Å². The average Bonchev–Trinajstić information content (AvgIpc) is 2.81. The van der Waals surface area contributed by atoms with E-state index in [1.165, 1.54) is 0 Å². The van der Waals surface area contributed by atoms with Crippen molar-refractivity contribution in [3.05, 3.63) is 23.8 Å². The van der Waals surface area contributed by atoms with Crippen LogP contribution in [0.3, 0.4) is 0 Å². The van der Waals surface area contributed by atoms with E-state index in [1.54, 1.807) is 0 Å². The molecule has 0 aliphatic carbocycles. The number of cyclic esters (lactones) is 1. The van der Waals surface area contributed by atoms with Gasteiger partial charge in [0.05, 0.1) is 6.54 Å². The number of nitrogens with two attached hydrogens (primary N) is 1. The zero-order valence-corrected chi connectivity index (χ0v) is 9.77. The van der Waals surface area contributed by atoms with E-state index in [4.69, 9.17) is 19.9 Å². The summed E-state index contributed by atoms with van der Waals surface area (Å²) >= 11 is 0. The van der Waals surface area contributed by atoms with Gasteiger partial charge in [0.1, 0.15) is 13.2 Å². The van der Waals surface area contributed by atoms with E-state index in [0.29, 0.717) is 31.3 Å². The van der Waals surface area contributed by atoms with Crippen molar-refractivity contribution < 1.29 is 19.0 Å². The van der Waals surface area contributed by atoms with Crippen molar-refractivity contribution in [1.82, 2.24) is 5.32 Å². The maximum atomic E-state index is 11.2. The number of fused-ring (bicyclic) bond motifs is 1. The van der Waals surface area contributed by atoms with Gasteiger partial charge in [-0.05, 0) is 12.1 Å². The zero-order chi connectivity index (χ0) is 12.6. The smallest absolute Gasteiger partial charge is 0.408 e. The van der Waals surface area contributed by atoms with Gasteiger partial charge in [-0.25, -0.2) is 4.79 Å². The van der Waals surface area contributed by atoms with E-state index >= 15 is 0 Å². The minimum atomic E-state index is -0.813. The number of alkyl carbamates (subject to hydrolysis) is 1. The molecule has 0 bridgehead atoms. The second-order valence-electron chi connectivity index (χ2n) is 4.30. The van der Waals surface area contributed by atoms with Crippen LogP contribution in [0.4, 0.5) is 4.79 Å². The van der Waals surface area contributed by atoms with E-state index in [-0.39, 0.29) is 6.54 Å². The van der Waals surface area contributed by atoms with Gasteiger partial charge in [-0.15, -0.1) is 0 Å². The van der Waals surface area contributed by atoms with Crippen molar-refractivity contribution in [1.29, 1.82) is 0 Å². The first kappa shape index (κ1) is 11.2. The Bertz CT molecular complexity index is 491. The molecule has 1 amide bonds. The Balaban J connectivity index is 1.98. The molecule has 2 heterocycles. The lowest BCUT2D eigenvalue weighted by Crippen LogP contribution is -2.38. The highest BCUT2D eigenvalue weighted by atomic mass is 16.6. The highest BCUT2D eigenvalue weighted by Crippen LogP contribution is 2.36. The van der Waals surface area contributed by atoms with Gasteiger partial charge in [-0.2, -0.15) is 0 Å². The molecule has 3 N–H and O–H groups in total. The molecule has 18 heavy (non-hydrogen) atoms. The van der Waals surface area contributed by atoms with Crippen LogP contribution in [-0.2, 0) is 10.3 Å².